The fraction of sp³-hybridized carbons (Fsp3) is 0.526. The monoisotopic (exact) mass is 704 g/mol. The van der Waals surface area contributed by atoms with Crippen LogP contribution in [0, 0.1) is 5.92 Å². The van der Waals surface area contributed by atoms with Crippen molar-refractivity contribution >= 4 is 35.4 Å². The van der Waals surface area contributed by atoms with Crippen molar-refractivity contribution in [3.05, 3.63) is 65.7 Å². The second-order valence-corrected chi connectivity index (χ2v) is 13.9. The molecule has 4 rings (SSSR count). The Morgan fingerprint density at radius 1 is 0.902 bits per heavy atom. The smallest absolute Gasteiger partial charge is 0.245 e. The van der Waals surface area contributed by atoms with Crippen molar-refractivity contribution in [2.75, 3.05) is 27.2 Å². The zero-order valence-electron chi connectivity index (χ0n) is 30.3. The Balaban J connectivity index is 1.57. The maximum atomic E-state index is 14.1. The quantitative estimate of drug-likeness (QED) is 0.292. The Labute approximate surface area is 300 Å². The summed E-state index contributed by atoms with van der Waals surface area (Å²) in [5, 5.41) is 14.1. The first kappa shape index (κ1) is 38.9. The van der Waals surface area contributed by atoms with E-state index in [1.807, 2.05) is 54.6 Å². The third-order valence-electron chi connectivity index (χ3n) is 9.80. The predicted octanol–water partition coefficient (Wildman–Crippen LogP) is 1.73. The number of amides is 6. The van der Waals surface area contributed by atoms with Gasteiger partial charge in [-0.2, -0.15) is 0 Å². The molecule has 1 saturated heterocycles. The van der Waals surface area contributed by atoms with E-state index in [4.69, 9.17) is 4.74 Å². The summed E-state index contributed by atoms with van der Waals surface area (Å²) in [4.78, 5) is 82.7. The number of benzene rings is 2. The van der Waals surface area contributed by atoms with Crippen LogP contribution < -0.4 is 31.3 Å². The first-order valence-electron chi connectivity index (χ1n) is 17.8. The number of nitrogens with zero attached hydrogens (tertiary/aromatic N) is 1. The van der Waals surface area contributed by atoms with Crippen LogP contribution in [0.2, 0.25) is 0 Å². The zero-order valence-corrected chi connectivity index (χ0v) is 30.3. The molecular weight excluding hydrogens is 652 g/mol. The van der Waals surface area contributed by atoms with Crippen molar-refractivity contribution < 1.29 is 33.5 Å². The fourth-order valence-electron chi connectivity index (χ4n) is 6.75. The van der Waals surface area contributed by atoms with Crippen LogP contribution in [0.25, 0.3) is 0 Å². The van der Waals surface area contributed by atoms with Gasteiger partial charge in [0, 0.05) is 20.0 Å². The van der Waals surface area contributed by atoms with Crippen molar-refractivity contribution in [3.8, 4) is 5.75 Å². The first-order chi connectivity index (χ1) is 24.3. The second-order valence-electron chi connectivity index (χ2n) is 13.9. The fourth-order valence-corrected chi connectivity index (χ4v) is 6.75. The summed E-state index contributed by atoms with van der Waals surface area (Å²) < 4.78 is 5.31. The van der Waals surface area contributed by atoms with E-state index in [1.165, 1.54) is 18.9 Å². The average Bonchev–Trinajstić information content (AvgIpc) is 3.62. The summed E-state index contributed by atoms with van der Waals surface area (Å²) in [5.74, 6) is -2.57. The Kier molecular flexibility index (Phi) is 13.6. The summed E-state index contributed by atoms with van der Waals surface area (Å²) in [6.07, 6.45) is 3.63. The van der Waals surface area contributed by atoms with Gasteiger partial charge in [-0.25, -0.2) is 0 Å². The molecule has 1 heterocycles. The number of nitrogens with one attached hydrogen (secondary N) is 5. The number of rotatable bonds is 7. The third-order valence-corrected chi connectivity index (χ3v) is 9.80. The van der Waals surface area contributed by atoms with E-state index in [-0.39, 0.29) is 37.8 Å². The molecule has 1 aliphatic carbocycles. The van der Waals surface area contributed by atoms with Crippen molar-refractivity contribution in [2.45, 2.75) is 95.3 Å². The molecule has 1 aliphatic heterocycles. The summed E-state index contributed by atoms with van der Waals surface area (Å²) in [6.45, 7) is 4.96. The summed E-state index contributed by atoms with van der Waals surface area (Å²) in [5.41, 5.74) is 0.808. The van der Waals surface area contributed by atoms with E-state index in [0.717, 1.165) is 24.0 Å². The van der Waals surface area contributed by atoms with E-state index >= 15 is 0 Å². The zero-order chi connectivity index (χ0) is 37.1. The Morgan fingerprint density at radius 3 is 2.20 bits per heavy atom. The number of carbonyl (C=O) groups is 6. The van der Waals surface area contributed by atoms with Gasteiger partial charge in [0.1, 0.15) is 29.9 Å². The van der Waals surface area contributed by atoms with Gasteiger partial charge >= 0.3 is 0 Å². The maximum absolute atomic E-state index is 14.1. The molecule has 0 radical (unpaired) electrons. The highest BCUT2D eigenvalue weighted by molar-refractivity contribution is 5.97. The molecule has 0 unspecified atom stereocenters. The lowest BCUT2D eigenvalue weighted by atomic mass is 9.77. The molecule has 1 saturated carbocycles. The van der Waals surface area contributed by atoms with Crippen LogP contribution in [-0.4, -0.2) is 91.8 Å². The maximum Gasteiger partial charge on any atom is 0.245 e. The number of ether oxygens (including phenoxy) is 1. The van der Waals surface area contributed by atoms with Gasteiger partial charge < -0.3 is 36.2 Å². The minimum atomic E-state index is -1.06. The van der Waals surface area contributed by atoms with Crippen LogP contribution in [0.15, 0.2) is 54.6 Å². The van der Waals surface area contributed by atoms with Crippen LogP contribution in [0.4, 0.5) is 0 Å². The molecule has 2 aromatic carbocycles. The van der Waals surface area contributed by atoms with Gasteiger partial charge in [-0.3, -0.25) is 28.8 Å². The molecule has 2 fully saturated rings. The van der Waals surface area contributed by atoms with Crippen LogP contribution in [0.1, 0.15) is 70.4 Å². The van der Waals surface area contributed by atoms with Crippen molar-refractivity contribution in [2.24, 2.45) is 5.92 Å². The van der Waals surface area contributed by atoms with Crippen LogP contribution in [0.5, 0.6) is 5.75 Å². The standard InChI is InChI=1S/C38H52N6O7/c1-24(2)32-35(48)40-25(3)33(46)41-30(22-26-12-7-6-8-13-26)36(49)44(4)23-31(45)39-21-11-14-29(34(47)43-32)42-37(50)38(19-9-10-20-38)27-15-17-28(51-5)18-16-27/h6-8,12-13,15-18,24-25,29-30,32H,9-11,14,19-23H2,1-5H3,(H,39,45)(H,40,48)(H,41,46)(H,42,50)(H,43,47)/t25-,29+,30+,32-/m1/s1. The molecule has 2 aliphatic rings. The van der Waals surface area contributed by atoms with Gasteiger partial charge in [0.25, 0.3) is 0 Å². The Hall–Kier alpha value is -4.94. The predicted molar refractivity (Wildman–Crippen MR) is 191 cm³/mol. The van der Waals surface area contributed by atoms with E-state index < -0.39 is 59.1 Å². The topological polar surface area (TPSA) is 175 Å². The molecule has 51 heavy (non-hydrogen) atoms. The molecule has 5 N–H and O–H groups in total. The number of carbonyl (C=O) groups excluding carboxylic acids is 6. The molecule has 4 atom stereocenters. The number of likely N-dealkylation sites (N-methyl/N-ethyl adjacent to an activating group) is 1. The molecule has 6 amide bonds. The lowest BCUT2D eigenvalue weighted by Crippen LogP contribution is -2.60. The minimum Gasteiger partial charge on any atom is -0.497 e. The molecule has 2 aromatic rings. The van der Waals surface area contributed by atoms with Gasteiger partial charge in [0.15, 0.2) is 0 Å². The van der Waals surface area contributed by atoms with E-state index in [1.54, 1.807) is 21.0 Å². The molecule has 276 valence electrons. The van der Waals surface area contributed by atoms with Gasteiger partial charge in [0.2, 0.25) is 35.4 Å². The number of methoxy groups -OCH3 is 1. The van der Waals surface area contributed by atoms with Crippen LogP contribution in [0.3, 0.4) is 0 Å². The Bertz CT molecular complexity index is 1540. The molecule has 0 bridgehead atoms. The average molecular weight is 705 g/mol. The van der Waals surface area contributed by atoms with Crippen molar-refractivity contribution in [1.29, 1.82) is 0 Å². The van der Waals surface area contributed by atoms with Gasteiger partial charge in [-0.1, -0.05) is 69.2 Å². The number of hydrogen-bond donors (Lipinski definition) is 5. The lowest BCUT2D eigenvalue weighted by molar-refractivity contribution is -0.139. The lowest BCUT2D eigenvalue weighted by Gasteiger charge is -2.32. The third kappa shape index (κ3) is 10.1. The van der Waals surface area contributed by atoms with E-state index in [0.29, 0.717) is 25.0 Å². The highest BCUT2D eigenvalue weighted by Gasteiger charge is 2.44. The van der Waals surface area contributed by atoms with Gasteiger partial charge in [0.05, 0.1) is 19.1 Å². The molecular formula is C38H52N6O7. The highest BCUT2D eigenvalue weighted by atomic mass is 16.5. The summed E-state index contributed by atoms with van der Waals surface area (Å²) in [7, 11) is 3.06. The summed E-state index contributed by atoms with van der Waals surface area (Å²) >= 11 is 0. The number of hydrogen-bond acceptors (Lipinski definition) is 7. The van der Waals surface area contributed by atoms with Crippen LogP contribution in [-0.2, 0) is 40.6 Å². The van der Waals surface area contributed by atoms with Crippen molar-refractivity contribution in [1.82, 2.24) is 31.5 Å². The van der Waals surface area contributed by atoms with Gasteiger partial charge in [-0.15, -0.1) is 0 Å². The minimum absolute atomic E-state index is 0.176. The second kappa shape index (κ2) is 17.8. The SMILES string of the molecule is COc1ccc(C2(C(=O)N[C@H]3CCCNC(=O)CN(C)C(=O)[C@H](Cc4ccccc4)NC(=O)[C@@H](C)NC(=O)[C@@H](C(C)C)NC3=O)CCCC2)cc1. The van der Waals surface area contributed by atoms with Gasteiger partial charge in [-0.05, 0) is 61.8 Å². The largest absolute Gasteiger partial charge is 0.497 e. The molecule has 0 aromatic heterocycles. The van der Waals surface area contributed by atoms with Crippen LogP contribution >= 0.6 is 0 Å². The Morgan fingerprint density at radius 2 is 1.57 bits per heavy atom. The van der Waals surface area contributed by atoms with E-state index in [9.17, 15) is 28.8 Å². The molecule has 13 nitrogen and oxygen atoms in total. The highest BCUT2D eigenvalue weighted by Crippen LogP contribution is 2.42. The van der Waals surface area contributed by atoms with Crippen molar-refractivity contribution in [3.63, 3.8) is 0 Å². The normalized spacial score (nSPS) is 24.0. The first-order valence-corrected chi connectivity index (χ1v) is 17.8. The van der Waals surface area contributed by atoms with E-state index in [2.05, 4.69) is 26.6 Å². The molecule has 0 spiro atoms. The summed E-state index contributed by atoms with van der Waals surface area (Å²) in [6, 6.07) is 12.5. The molecule has 13 heteroatoms.